The molecule has 0 saturated heterocycles. The number of aliphatic hydroxyl groups excluding tert-OH is 1. The van der Waals surface area contributed by atoms with Gasteiger partial charge in [0.15, 0.2) is 0 Å². The van der Waals surface area contributed by atoms with Crippen LogP contribution in [0.2, 0.25) is 0 Å². The number of amides is 1. The first-order valence-corrected chi connectivity index (χ1v) is 8.71. The third-order valence-corrected chi connectivity index (χ3v) is 4.94. The van der Waals surface area contributed by atoms with Gasteiger partial charge in [-0.25, -0.2) is 0 Å². The van der Waals surface area contributed by atoms with Gasteiger partial charge in [0, 0.05) is 37.5 Å². The van der Waals surface area contributed by atoms with Gasteiger partial charge in [-0.2, -0.15) is 5.26 Å². The molecule has 2 atom stereocenters. The predicted octanol–water partition coefficient (Wildman–Crippen LogP) is 1.94. The van der Waals surface area contributed by atoms with Gasteiger partial charge >= 0.3 is 0 Å². The summed E-state index contributed by atoms with van der Waals surface area (Å²) in [6.07, 6.45) is 3.96. The topological polar surface area (TPSA) is 87.3 Å². The zero-order chi connectivity index (χ0) is 18.4. The van der Waals surface area contributed by atoms with Crippen molar-refractivity contribution in [1.82, 2.24) is 9.88 Å². The van der Waals surface area contributed by atoms with Gasteiger partial charge in [-0.1, -0.05) is 6.42 Å². The molecule has 1 saturated carbocycles. The van der Waals surface area contributed by atoms with Gasteiger partial charge in [-0.3, -0.25) is 4.79 Å². The molecule has 0 radical (unpaired) electrons. The van der Waals surface area contributed by atoms with Crippen LogP contribution in [-0.2, 0) is 16.1 Å². The Labute approximate surface area is 149 Å². The van der Waals surface area contributed by atoms with E-state index in [0.29, 0.717) is 13.2 Å². The lowest BCUT2D eigenvalue weighted by Crippen LogP contribution is -2.33. The van der Waals surface area contributed by atoms with E-state index in [2.05, 4.69) is 9.88 Å². The molecule has 1 heterocycles. The van der Waals surface area contributed by atoms with Crippen molar-refractivity contribution in [3.63, 3.8) is 0 Å². The van der Waals surface area contributed by atoms with E-state index in [4.69, 9.17) is 4.74 Å². The second kappa shape index (κ2) is 8.84. The first-order chi connectivity index (χ1) is 12.0. The molecule has 2 unspecified atom stereocenters. The second-order valence-corrected chi connectivity index (χ2v) is 6.61. The van der Waals surface area contributed by atoms with E-state index < -0.39 is 0 Å². The van der Waals surface area contributed by atoms with Gasteiger partial charge in [-0.15, -0.1) is 0 Å². The van der Waals surface area contributed by atoms with E-state index in [1.807, 2.05) is 26.0 Å². The number of carbonyl (C=O) groups excluding carboxylic acids is 1. The maximum Gasteiger partial charge on any atom is 0.261 e. The van der Waals surface area contributed by atoms with E-state index in [9.17, 15) is 15.2 Å². The third kappa shape index (κ3) is 4.71. The third-order valence-electron chi connectivity index (χ3n) is 4.94. The van der Waals surface area contributed by atoms with Crippen LogP contribution >= 0.6 is 0 Å². The number of nitrogens with zero attached hydrogens (tertiary/aromatic N) is 2. The molecule has 1 aromatic heterocycles. The molecule has 25 heavy (non-hydrogen) atoms. The van der Waals surface area contributed by atoms with Crippen LogP contribution in [0.5, 0.6) is 0 Å². The Balaban J connectivity index is 2.08. The number of hydrogen-bond acceptors (Lipinski definition) is 4. The first kappa shape index (κ1) is 19.2. The first-order valence-electron chi connectivity index (χ1n) is 8.71. The quantitative estimate of drug-likeness (QED) is 0.584. The molecule has 1 fully saturated rings. The van der Waals surface area contributed by atoms with E-state index >= 15 is 0 Å². The van der Waals surface area contributed by atoms with Gasteiger partial charge in [0.25, 0.3) is 5.91 Å². The van der Waals surface area contributed by atoms with Crippen molar-refractivity contribution in [2.75, 3.05) is 20.3 Å². The number of aryl methyl sites for hydroxylation is 1. The monoisotopic (exact) mass is 345 g/mol. The molecule has 6 heteroatoms. The van der Waals surface area contributed by atoms with E-state index in [1.54, 1.807) is 13.2 Å². The highest BCUT2D eigenvalue weighted by Gasteiger charge is 2.25. The minimum absolute atomic E-state index is 0.0829. The van der Waals surface area contributed by atoms with Crippen LogP contribution in [0.25, 0.3) is 6.08 Å². The Morgan fingerprint density at radius 2 is 2.28 bits per heavy atom. The molecule has 1 aromatic rings. The summed E-state index contributed by atoms with van der Waals surface area (Å²) in [5.74, 6) is -0.300. The summed E-state index contributed by atoms with van der Waals surface area (Å²) in [5, 5.41) is 22.0. The zero-order valence-electron chi connectivity index (χ0n) is 15.2. The number of hydrogen-bond donors (Lipinski definition) is 2. The van der Waals surface area contributed by atoms with Gasteiger partial charge in [0.2, 0.25) is 0 Å². The number of nitriles is 1. The number of aromatic nitrogens is 1. The van der Waals surface area contributed by atoms with Crippen LogP contribution in [0.1, 0.15) is 36.2 Å². The van der Waals surface area contributed by atoms with Crippen molar-refractivity contribution in [3.8, 4) is 6.07 Å². The maximum atomic E-state index is 12.3. The van der Waals surface area contributed by atoms with Crippen molar-refractivity contribution in [3.05, 3.63) is 28.6 Å². The van der Waals surface area contributed by atoms with Gasteiger partial charge in [0.1, 0.15) is 11.6 Å². The number of ether oxygens (including phenoxy) is 1. The Hall–Kier alpha value is -2.10. The average Bonchev–Trinajstić information content (AvgIpc) is 3.12. The fraction of sp³-hybridized carbons (Fsp3) is 0.579. The van der Waals surface area contributed by atoms with Crippen LogP contribution in [0.4, 0.5) is 0 Å². The molecule has 1 amide bonds. The highest BCUT2D eigenvalue weighted by Crippen LogP contribution is 2.24. The second-order valence-electron chi connectivity index (χ2n) is 6.61. The standard InChI is InChI=1S/C19H27N3O3/c1-13-9-16(14(2)22(13)7-8-25-3)10-17(11-20)19(24)21-12-15-5-4-6-18(15)23/h9-10,15,18,23H,4-8,12H2,1-3H3,(H,21,24). The molecule has 2 N–H and O–H groups in total. The van der Waals surface area contributed by atoms with Crippen molar-refractivity contribution < 1.29 is 14.6 Å². The smallest absolute Gasteiger partial charge is 0.261 e. The Morgan fingerprint density at radius 3 is 2.88 bits per heavy atom. The highest BCUT2D eigenvalue weighted by molar-refractivity contribution is 6.01. The van der Waals surface area contributed by atoms with Crippen LogP contribution in [-0.4, -0.2) is 41.9 Å². The molecule has 2 rings (SSSR count). The van der Waals surface area contributed by atoms with Crippen LogP contribution < -0.4 is 5.32 Å². The summed E-state index contributed by atoms with van der Waals surface area (Å²) >= 11 is 0. The Kier molecular flexibility index (Phi) is 6.80. The molecular formula is C19H27N3O3. The van der Waals surface area contributed by atoms with Gasteiger partial charge < -0.3 is 19.7 Å². The van der Waals surface area contributed by atoms with Crippen molar-refractivity contribution in [2.45, 2.75) is 45.8 Å². The summed E-state index contributed by atoms with van der Waals surface area (Å²) in [6, 6.07) is 3.96. The number of carbonyl (C=O) groups is 1. The zero-order valence-corrected chi connectivity index (χ0v) is 15.2. The molecule has 0 spiro atoms. The minimum atomic E-state index is -0.386. The van der Waals surface area contributed by atoms with E-state index in [-0.39, 0.29) is 23.5 Å². The Bertz CT molecular complexity index is 685. The average molecular weight is 345 g/mol. The molecule has 0 aromatic carbocycles. The molecule has 0 aliphatic heterocycles. The lowest BCUT2D eigenvalue weighted by Gasteiger charge is -2.14. The normalized spacial score (nSPS) is 20.5. The predicted molar refractivity (Wildman–Crippen MR) is 95.7 cm³/mol. The fourth-order valence-corrected chi connectivity index (χ4v) is 3.38. The SMILES string of the molecule is COCCn1c(C)cc(C=C(C#N)C(=O)NCC2CCCC2O)c1C. The summed E-state index contributed by atoms with van der Waals surface area (Å²) in [4.78, 5) is 12.3. The summed E-state index contributed by atoms with van der Waals surface area (Å²) in [5.41, 5.74) is 3.01. The number of methoxy groups -OCH3 is 1. The molecule has 0 bridgehead atoms. The number of nitrogens with one attached hydrogen (secondary N) is 1. The molecule has 6 nitrogen and oxygen atoms in total. The molecule has 1 aliphatic rings. The van der Waals surface area contributed by atoms with E-state index in [1.165, 1.54) is 0 Å². The van der Waals surface area contributed by atoms with Crippen LogP contribution in [0.3, 0.4) is 0 Å². The van der Waals surface area contributed by atoms with Crippen molar-refractivity contribution >= 4 is 12.0 Å². The van der Waals surface area contributed by atoms with Crippen molar-refractivity contribution in [2.24, 2.45) is 5.92 Å². The van der Waals surface area contributed by atoms with Crippen LogP contribution in [0.15, 0.2) is 11.6 Å². The largest absolute Gasteiger partial charge is 0.393 e. The lowest BCUT2D eigenvalue weighted by atomic mass is 10.1. The fourth-order valence-electron chi connectivity index (χ4n) is 3.38. The Morgan fingerprint density at radius 1 is 1.52 bits per heavy atom. The number of aliphatic hydroxyl groups is 1. The maximum absolute atomic E-state index is 12.3. The highest BCUT2D eigenvalue weighted by atomic mass is 16.5. The van der Waals surface area contributed by atoms with Crippen LogP contribution in [0, 0.1) is 31.1 Å². The number of rotatable bonds is 7. The molecule has 136 valence electrons. The minimum Gasteiger partial charge on any atom is -0.393 e. The van der Waals surface area contributed by atoms with E-state index in [0.717, 1.165) is 42.8 Å². The summed E-state index contributed by atoms with van der Waals surface area (Å²) in [6.45, 7) is 5.71. The summed E-state index contributed by atoms with van der Waals surface area (Å²) < 4.78 is 7.23. The van der Waals surface area contributed by atoms with Crippen molar-refractivity contribution in [1.29, 1.82) is 5.26 Å². The molecular weight excluding hydrogens is 318 g/mol. The molecule has 1 aliphatic carbocycles. The van der Waals surface area contributed by atoms with Gasteiger partial charge in [-0.05, 0) is 44.4 Å². The van der Waals surface area contributed by atoms with Gasteiger partial charge in [0.05, 0.1) is 12.7 Å². The lowest BCUT2D eigenvalue weighted by molar-refractivity contribution is -0.117. The summed E-state index contributed by atoms with van der Waals surface area (Å²) in [7, 11) is 1.66.